The fraction of sp³-hybridized carbons (Fsp3) is 0.458. The summed E-state index contributed by atoms with van der Waals surface area (Å²) in [5.41, 5.74) is 5.43. The van der Waals surface area contributed by atoms with Crippen LogP contribution in [-0.4, -0.2) is 126 Å². The molecule has 3 atom stereocenters. The van der Waals surface area contributed by atoms with Crippen molar-refractivity contribution in [2.45, 2.75) is 84.5 Å². The molecular formula is C48H61N7O9S. The van der Waals surface area contributed by atoms with Crippen LogP contribution in [0.3, 0.4) is 0 Å². The number of nitrogens with zero attached hydrogens (tertiary/aromatic N) is 4. The summed E-state index contributed by atoms with van der Waals surface area (Å²) < 4.78 is 10.3. The van der Waals surface area contributed by atoms with Crippen LogP contribution in [0.5, 0.6) is 11.5 Å². The smallest absolute Gasteiger partial charge is 0.337 e. The molecule has 0 unspecified atom stereocenters. The lowest BCUT2D eigenvalue weighted by Crippen LogP contribution is -2.57. The number of carbonyl (C=O) groups excluding carboxylic acids is 5. The second kappa shape index (κ2) is 22.2. The first-order valence-electron chi connectivity index (χ1n) is 22.1. The number of hydrogen-bond acceptors (Lipinski definition) is 13. The van der Waals surface area contributed by atoms with Gasteiger partial charge < -0.3 is 45.4 Å². The van der Waals surface area contributed by atoms with E-state index in [9.17, 15) is 34.2 Å². The first-order valence-corrected chi connectivity index (χ1v) is 22.9. The number of piperazine rings is 1. The number of aliphatic hydroxyl groups is 1. The number of aromatic hydroxyl groups is 1. The molecule has 0 saturated carbocycles. The highest BCUT2D eigenvalue weighted by Gasteiger charge is 2.44. The number of aromatic nitrogens is 1. The molecule has 5 N–H and O–H groups in total. The van der Waals surface area contributed by atoms with Gasteiger partial charge in [-0.05, 0) is 85.3 Å². The summed E-state index contributed by atoms with van der Waals surface area (Å²) in [6, 6.07) is 17.8. The number of likely N-dealkylation sites (tertiary alicyclic amines) is 1. The third-order valence-corrected chi connectivity index (χ3v) is 12.7. The fourth-order valence-corrected chi connectivity index (χ4v) is 8.82. The van der Waals surface area contributed by atoms with Crippen molar-refractivity contribution in [3.63, 3.8) is 0 Å². The summed E-state index contributed by atoms with van der Waals surface area (Å²) in [6.45, 7) is 12.0. The van der Waals surface area contributed by atoms with E-state index in [1.54, 1.807) is 23.5 Å². The number of phenolic OH excluding ortho intramolecular Hbond substituents is 1. The average molecular weight is 912 g/mol. The Kier molecular flexibility index (Phi) is 16.6. The predicted molar refractivity (Wildman–Crippen MR) is 249 cm³/mol. The second-order valence-electron chi connectivity index (χ2n) is 17.6. The molecule has 4 amide bonds. The molecule has 16 nitrogen and oxygen atoms in total. The molecule has 2 saturated heterocycles. The number of amides is 4. The fourth-order valence-electron chi connectivity index (χ4n) is 8.01. The van der Waals surface area contributed by atoms with Crippen molar-refractivity contribution >= 4 is 52.3 Å². The van der Waals surface area contributed by atoms with Crippen molar-refractivity contribution in [3.05, 3.63) is 89.1 Å². The van der Waals surface area contributed by atoms with Crippen LogP contribution >= 0.6 is 11.3 Å². The minimum absolute atomic E-state index is 0.0206. The Bertz CT molecular complexity index is 2270. The Morgan fingerprint density at radius 3 is 2.31 bits per heavy atom. The second-order valence-corrected chi connectivity index (χ2v) is 18.5. The molecule has 1 aromatic heterocycles. The quantitative estimate of drug-likeness (QED) is 0.0502. The van der Waals surface area contributed by atoms with Crippen LogP contribution in [0, 0.1) is 12.3 Å². The Morgan fingerprint density at radius 2 is 1.65 bits per heavy atom. The molecule has 0 bridgehead atoms. The van der Waals surface area contributed by atoms with Crippen LogP contribution in [0.25, 0.3) is 10.4 Å². The maximum atomic E-state index is 14.0. The van der Waals surface area contributed by atoms with Crippen LogP contribution in [0.1, 0.15) is 74.5 Å². The minimum atomic E-state index is -0.869. The van der Waals surface area contributed by atoms with Crippen LogP contribution in [0.4, 0.5) is 11.4 Å². The Balaban J connectivity index is 0.878. The zero-order chi connectivity index (χ0) is 46.7. The van der Waals surface area contributed by atoms with Crippen LogP contribution in [0.2, 0.25) is 0 Å². The van der Waals surface area contributed by atoms with Gasteiger partial charge in [-0.3, -0.25) is 24.1 Å². The molecule has 0 radical (unpaired) electrons. The van der Waals surface area contributed by atoms with E-state index in [1.807, 2.05) is 69.6 Å². The molecule has 2 fully saturated rings. The highest BCUT2D eigenvalue weighted by molar-refractivity contribution is 7.13. The molecule has 65 heavy (non-hydrogen) atoms. The monoisotopic (exact) mass is 911 g/mol. The number of ether oxygens (including phenoxy) is 2. The van der Waals surface area contributed by atoms with E-state index >= 15 is 0 Å². The number of aryl methyl sites for hydroxylation is 1. The van der Waals surface area contributed by atoms with Crippen molar-refractivity contribution < 1.29 is 43.7 Å². The molecule has 3 heterocycles. The highest BCUT2D eigenvalue weighted by atomic mass is 32.1. The summed E-state index contributed by atoms with van der Waals surface area (Å²) >= 11 is 1.58. The summed E-state index contributed by atoms with van der Waals surface area (Å²) in [5.74, 6) is -1.69. The topological polar surface area (TPSA) is 203 Å². The van der Waals surface area contributed by atoms with E-state index in [-0.39, 0.29) is 67.3 Å². The summed E-state index contributed by atoms with van der Waals surface area (Å²) in [7, 11) is 1.25. The van der Waals surface area contributed by atoms with Crippen molar-refractivity contribution in [2.75, 3.05) is 63.2 Å². The van der Waals surface area contributed by atoms with Gasteiger partial charge in [0.15, 0.2) is 6.61 Å². The van der Waals surface area contributed by atoms with E-state index < -0.39 is 35.5 Å². The number of nitrogens with one attached hydrogen (secondary N) is 3. The molecule has 0 aliphatic carbocycles. The average Bonchev–Trinajstić information content (AvgIpc) is 3.92. The Hall–Kier alpha value is -6.04. The molecule has 4 aromatic rings. The lowest BCUT2D eigenvalue weighted by molar-refractivity contribution is -0.144. The Labute approximate surface area is 384 Å². The van der Waals surface area contributed by atoms with Crippen molar-refractivity contribution in [1.29, 1.82) is 0 Å². The number of hydrogen-bond donors (Lipinski definition) is 5. The largest absolute Gasteiger partial charge is 0.506 e. The molecule has 0 spiro atoms. The number of β-amino-alcohol motifs (C(OH)–C–C–N with tert-alkyl or cyclic N) is 1. The van der Waals surface area contributed by atoms with Gasteiger partial charge in [-0.2, -0.15) is 0 Å². The summed E-state index contributed by atoms with van der Waals surface area (Å²) in [5, 5.41) is 29.1. The Morgan fingerprint density at radius 1 is 0.923 bits per heavy atom. The number of thiazole rings is 1. The van der Waals surface area contributed by atoms with E-state index in [4.69, 9.17) is 9.47 Å². The first kappa shape index (κ1) is 48.4. The van der Waals surface area contributed by atoms with Gasteiger partial charge in [0.1, 0.15) is 23.6 Å². The summed E-state index contributed by atoms with van der Waals surface area (Å²) in [4.78, 5) is 76.6. The number of rotatable bonds is 18. The lowest BCUT2D eigenvalue weighted by atomic mass is 9.85. The number of unbranched alkanes of at least 4 members (excludes halogenated alkanes) is 2. The van der Waals surface area contributed by atoms with E-state index in [1.165, 1.54) is 30.2 Å². The summed E-state index contributed by atoms with van der Waals surface area (Å²) in [6.07, 6.45) is 2.03. The van der Waals surface area contributed by atoms with Gasteiger partial charge in [-0.15, -0.1) is 11.3 Å². The van der Waals surface area contributed by atoms with Crippen LogP contribution < -0.4 is 25.6 Å². The minimum Gasteiger partial charge on any atom is -0.506 e. The van der Waals surface area contributed by atoms with Crippen molar-refractivity contribution in [1.82, 2.24) is 25.4 Å². The number of phenols is 1. The van der Waals surface area contributed by atoms with Crippen molar-refractivity contribution in [3.8, 4) is 21.9 Å². The van der Waals surface area contributed by atoms with Crippen molar-refractivity contribution in [2.24, 2.45) is 5.41 Å². The third-order valence-electron chi connectivity index (χ3n) is 11.7. The number of aliphatic hydroxyl groups excluding tert-OH is 1. The number of esters is 1. The number of anilines is 2. The molecular weight excluding hydrogens is 851 g/mol. The SMILES string of the molecule is COC(=O)c1ccc(O)c(NC(=O)COc2ccc(N3CCN(CCCCCC(=O)N[C@H](C(=O)N4C[C@H](O)C[C@H]4C(=O)NCc4ccc(-c5scnc5C)cc4)C(C)(C)C)CC3)cc2)c1. The van der Waals surface area contributed by atoms with Gasteiger partial charge >= 0.3 is 5.97 Å². The molecule has 2 aliphatic rings. The number of methoxy groups -OCH3 is 1. The van der Waals surface area contributed by atoms with Gasteiger partial charge in [0.05, 0.1) is 40.5 Å². The van der Waals surface area contributed by atoms with Gasteiger partial charge in [0, 0.05) is 57.8 Å². The molecule has 17 heteroatoms. The number of benzene rings is 3. The third kappa shape index (κ3) is 13.3. The normalized spacial score (nSPS) is 17.0. The van der Waals surface area contributed by atoms with Gasteiger partial charge in [-0.1, -0.05) is 51.5 Å². The van der Waals surface area contributed by atoms with E-state index in [0.717, 1.165) is 73.0 Å². The van der Waals surface area contributed by atoms with Crippen LogP contribution in [-0.2, 0) is 30.5 Å². The van der Waals surface area contributed by atoms with E-state index in [0.29, 0.717) is 12.2 Å². The molecule has 2 aliphatic heterocycles. The maximum Gasteiger partial charge on any atom is 0.337 e. The molecule has 348 valence electrons. The maximum absolute atomic E-state index is 14.0. The predicted octanol–water partition coefficient (Wildman–Crippen LogP) is 5.12. The molecule has 3 aromatic carbocycles. The first-order chi connectivity index (χ1) is 31.1. The van der Waals surface area contributed by atoms with E-state index in [2.05, 4.69) is 30.7 Å². The van der Waals surface area contributed by atoms with Crippen LogP contribution in [0.15, 0.2) is 72.2 Å². The lowest BCUT2D eigenvalue weighted by Gasteiger charge is -2.36. The standard InChI is InChI=1S/C48H61N7O9S/c1-31-43(65-30-50-31)33-12-10-32(11-13-33)27-49-45(60)39-26-36(56)28-55(39)46(61)44(48(2,3)4)52-41(58)9-7-6-8-20-53-21-23-54(24-22-53)35-15-17-37(18-16-35)64-29-42(59)51-38-25-34(47(62)63-5)14-19-40(38)57/h10-19,25,30,36,39,44,56-57H,6-9,20-24,26-29H2,1-5H3,(H,49,60)(H,51,59)(H,52,58)/t36-,39+,44-/m1/s1. The van der Waals surface area contributed by atoms with Gasteiger partial charge in [0.25, 0.3) is 5.91 Å². The zero-order valence-corrected chi connectivity index (χ0v) is 38.6. The highest BCUT2D eigenvalue weighted by Crippen LogP contribution is 2.29. The van der Waals surface area contributed by atoms with Gasteiger partial charge in [0.2, 0.25) is 17.7 Å². The number of carbonyl (C=O) groups is 5. The molecule has 6 rings (SSSR count). The zero-order valence-electron chi connectivity index (χ0n) is 37.8. The van der Waals surface area contributed by atoms with Gasteiger partial charge in [-0.25, -0.2) is 9.78 Å².